The minimum absolute atomic E-state index is 0.116. The molecule has 0 amide bonds. The summed E-state index contributed by atoms with van der Waals surface area (Å²) in [5.74, 6) is -0.419. The second-order valence-corrected chi connectivity index (χ2v) is 7.71. The molecule has 0 heterocycles. The molecule has 0 saturated heterocycles. The molecule has 2 rings (SSSR count). The smallest absolute Gasteiger partial charge is 0.242 e. The molecular formula is C16H17BrFNO3S. The van der Waals surface area contributed by atoms with Crippen molar-refractivity contribution in [3.05, 3.63) is 57.8 Å². The maximum atomic E-state index is 13.8. The fourth-order valence-electron chi connectivity index (χ4n) is 2.14. The van der Waals surface area contributed by atoms with Gasteiger partial charge in [0.1, 0.15) is 0 Å². The van der Waals surface area contributed by atoms with Crippen molar-refractivity contribution in [1.29, 1.82) is 0 Å². The van der Waals surface area contributed by atoms with Crippen LogP contribution in [0.4, 0.5) is 4.39 Å². The van der Waals surface area contributed by atoms with Gasteiger partial charge >= 0.3 is 0 Å². The zero-order valence-corrected chi connectivity index (χ0v) is 15.3. The number of aryl methyl sites for hydroxylation is 1. The SMILES string of the molecule is COc1ccc(C(C)NS(=O)(=O)c2ccc(C)cc2Br)cc1F. The maximum Gasteiger partial charge on any atom is 0.242 e. The molecule has 23 heavy (non-hydrogen) atoms. The Morgan fingerprint density at radius 3 is 2.48 bits per heavy atom. The van der Waals surface area contributed by atoms with Gasteiger partial charge in [-0.3, -0.25) is 0 Å². The summed E-state index contributed by atoms with van der Waals surface area (Å²) in [5.41, 5.74) is 1.45. The van der Waals surface area contributed by atoms with Gasteiger partial charge in [-0.15, -0.1) is 0 Å². The molecule has 0 saturated carbocycles. The number of rotatable bonds is 5. The number of benzene rings is 2. The average molecular weight is 402 g/mol. The van der Waals surface area contributed by atoms with Crippen LogP contribution in [0.15, 0.2) is 45.8 Å². The lowest BCUT2D eigenvalue weighted by Gasteiger charge is -2.16. The first-order valence-electron chi connectivity index (χ1n) is 6.86. The molecule has 0 aliphatic heterocycles. The molecule has 7 heteroatoms. The lowest BCUT2D eigenvalue weighted by atomic mass is 10.1. The third-order valence-corrected chi connectivity index (χ3v) is 5.90. The predicted octanol–water partition coefficient (Wildman–Crippen LogP) is 3.94. The summed E-state index contributed by atoms with van der Waals surface area (Å²) < 4.78 is 46.6. The largest absolute Gasteiger partial charge is 0.494 e. The number of sulfonamides is 1. The Morgan fingerprint density at radius 1 is 1.22 bits per heavy atom. The molecule has 2 aromatic carbocycles. The number of hydrogen-bond donors (Lipinski definition) is 1. The average Bonchev–Trinajstić information content (AvgIpc) is 2.46. The molecule has 1 unspecified atom stereocenters. The molecule has 0 spiro atoms. The maximum absolute atomic E-state index is 13.8. The van der Waals surface area contributed by atoms with E-state index in [1.165, 1.54) is 25.3 Å². The van der Waals surface area contributed by atoms with Gasteiger partial charge in [-0.2, -0.15) is 0 Å². The molecule has 124 valence electrons. The summed E-state index contributed by atoms with van der Waals surface area (Å²) in [6, 6.07) is 8.74. The minimum atomic E-state index is -3.73. The molecule has 0 fully saturated rings. The van der Waals surface area contributed by atoms with Crippen LogP contribution in [0.1, 0.15) is 24.1 Å². The van der Waals surface area contributed by atoms with Crippen molar-refractivity contribution in [3.8, 4) is 5.75 Å². The van der Waals surface area contributed by atoms with E-state index in [9.17, 15) is 12.8 Å². The first kappa shape index (κ1) is 17.9. The van der Waals surface area contributed by atoms with Crippen LogP contribution in [0.3, 0.4) is 0 Å². The topological polar surface area (TPSA) is 55.4 Å². The summed E-state index contributed by atoms with van der Waals surface area (Å²) >= 11 is 3.26. The Balaban J connectivity index is 2.28. The van der Waals surface area contributed by atoms with Crippen LogP contribution in [0.5, 0.6) is 5.75 Å². The lowest BCUT2D eigenvalue weighted by molar-refractivity contribution is 0.386. The van der Waals surface area contributed by atoms with Crippen molar-refractivity contribution in [2.75, 3.05) is 7.11 Å². The summed E-state index contributed by atoms with van der Waals surface area (Å²) in [6.45, 7) is 3.53. The van der Waals surface area contributed by atoms with Gasteiger partial charge in [0.05, 0.1) is 12.0 Å². The fourth-order valence-corrected chi connectivity index (χ4v) is 4.56. The van der Waals surface area contributed by atoms with Crippen molar-refractivity contribution in [1.82, 2.24) is 4.72 Å². The van der Waals surface area contributed by atoms with Gasteiger partial charge in [-0.05, 0) is 65.2 Å². The molecule has 1 N–H and O–H groups in total. The number of nitrogens with one attached hydrogen (secondary N) is 1. The summed E-state index contributed by atoms with van der Waals surface area (Å²) in [5, 5.41) is 0. The first-order valence-corrected chi connectivity index (χ1v) is 9.14. The van der Waals surface area contributed by atoms with E-state index in [2.05, 4.69) is 20.7 Å². The van der Waals surface area contributed by atoms with Gasteiger partial charge in [0.25, 0.3) is 0 Å². The highest BCUT2D eigenvalue weighted by Gasteiger charge is 2.21. The highest BCUT2D eigenvalue weighted by Crippen LogP contribution is 2.26. The van der Waals surface area contributed by atoms with Crippen LogP contribution in [0, 0.1) is 12.7 Å². The van der Waals surface area contributed by atoms with Crippen LogP contribution >= 0.6 is 15.9 Å². The molecule has 4 nitrogen and oxygen atoms in total. The molecule has 1 atom stereocenters. The van der Waals surface area contributed by atoms with Crippen molar-refractivity contribution >= 4 is 26.0 Å². The van der Waals surface area contributed by atoms with Gasteiger partial charge in [-0.25, -0.2) is 17.5 Å². The number of ether oxygens (including phenoxy) is 1. The predicted molar refractivity (Wildman–Crippen MR) is 90.6 cm³/mol. The van der Waals surface area contributed by atoms with Crippen LogP contribution in [-0.2, 0) is 10.0 Å². The van der Waals surface area contributed by atoms with Crippen molar-refractivity contribution in [2.45, 2.75) is 24.8 Å². The molecular weight excluding hydrogens is 385 g/mol. The Hall–Kier alpha value is -1.44. The van der Waals surface area contributed by atoms with E-state index in [-0.39, 0.29) is 10.6 Å². The lowest BCUT2D eigenvalue weighted by Crippen LogP contribution is -2.27. The van der Waals surface area contributed by atoms with Gasteiger partial charge in [0.2, 0.25) is 10.0 Å². The quantitative estimate of drug-likeness (QED) is 0.824. The minimum Gasteiger partial charge on any atom is -0.494 e. The van der Waals surface area contributed by atoms with Crippen molar-refractivity contribution < 1.29 is 17.5 Å². The standard InChI is InChI=1S/C16H17BrFNO3S/c1-10-4-7-16(13(17)8-10)23(20,21)19-11(2)12-5-6-15(22-3)14(18)9-12/h4-9,11,19H,1-3H3. The summed E-state index contributed by atoms with van der Waals surface area (Å²) in [4.78, 5) is 0.143. The third-order valence-electron chi connectivity index (χ3n) is 3.38. The zero-order chi connectivity index (χ0) is 17.2. The molecule has 0 aromatic heterocycles. The Kier molecular flexibility index (Phi) is 5.44. The second kappa shape index (κ2) is 6.98. The van der Waals surface area contributed by atoms with Gasteiger partial charge in [0, 0.05) is 10.5 Å². The van der Waals surface area contributed by atoms with E-state index in [4.69, 9.17) is 4.74 Å². The van der Waals surface area contributed by atoms with Gasteiger partial charge < -0.3 is 4.74 Å². The van der Waals surface area contributed by atoms with Gasteiger partial charge in [0.15, 0.2) is 11.6 Å². The third kappa shape index (κ3) is 4.10. The molecule has 0 radical (unpaired) electrons. The fraction of sp³-hybridized carbons (Fsp3) is 0.250. The number of methoxy groups -OCH3 is 1. The zero-order valence-electron chi connectivity index (χ0n) is 12.9. The Bertz CT molecular complexity index is 824. The van der Waals surface area contributed by atoms with E-state index in [1.54, 1.807) is 25.1 Å². The Labute approximate surface area is 143 Å². The van der Waals surface area contributed by atoms with Crippen LogP contribution in [-0.4, -0.2) is 15.5 Å². The summed E-state index contributed by atoms with van der Waals surface area (Å²) in [7, 11) is -2.36. The molecule has 0 bridgehead atoms. The van der Waals surface area contributed by atoms with E-state index in [0.717, 1.165) is 5.56 Å². The molecule has 0 aliphatic rings. The van der Waals surface area contributed by atoms with E-state index in [0.29, 0.717) is 10.0 Å². The van der Waals surface area contributed by atoms with Crippen LogP contribution < -0.4 is 9.46 Å². The highest BCUT2D eigenvalue weighted by molar-refractivity contribution is 9.10. The van der Waals surface area contributed by atoms with Gasteiger partial charge in [-0.1, -0.05) is 12.1 Å². The monoisotopic (exact) mass is 401 g/mol. The highest BCUT2D eigenvalue weighted by atomic mass is 79.9. The van der Waals surface area contributed by atoms with E-state index < -0.39 is 21.9 Å². The second-order valence-electron chi connectivity index (χ2n) is 5.17. The first-order chi connectivity index (χ1) is 10.7. The number of halogens is 2. The summed E-state index contributed by atoms with van der Waals surface area (Å²) in [6.07, 6.45) is 0. The molecule has 0 aliphatic carbocycles. The van der Waals surface area contributed by atoms with Crippen molar-refractivity contribution in [2.24, 2.45) is 0 Å². The van der Waals surface area contributed by atoms with Crippen LogP contribution in [0.25, 0.3) is 0 Å². The van der Waals surface area contributed by atoms with Crippen LogP contribution in [0.2, 0.25) is 0 Å². The van der Waals surface area contributed by atoms with E-state index in [1.807, 2.05) is 6.92 Å². The number of hydrogen-bond acceptors (Lipinski definition) is 3. The van der Waals surface area contributed by atoms with Crippen molar-refractivity contribution in [3.63, 3.8) is 0 Å². The molecule has 2 aromatic rings. The Morgan fingerprint density at radius 2 is 1.91 bits per heavy atom. The van der Waals surface area contributed by atoms with E-state index >= 15 is 0 Å². The normalized spacial score (nSPS) is 12.9.